The maximum atomic E-state index is 13.1. The van der Waals surface area contributed by atoms with Gasteiger partial charge in [-0.2, -0.15) is 5.10 Å². The zero-order valence-electron chi connectivity index (χ0n) is 18.4. The second-order valence-electron chi connectivity index (χ2n) is 8.32. The largest absolute Gasteiger partial charge is 0.493 e. The van der Waals surface area contributed by atoms with E-state index in [0.29, 0.717) is 11.5 Å². The molecule has 166 valence electrons. The Bertz CT molecular complexity index is 737. The van der Waals surface area contributed by atoms with Crippen LogP contribution in [0.15, 0.2) is 23.3 Å². The molecule has 2 aliphatic rings. The van der Waals surface area contributed by atoms with Crippen LogP contribution < -0.4 is 9.47 Å². The molecule has 5 nitrogen and oxygen atoms in total. The van der Waals surface area contributed by atoms with Crippen molar-refractivity contribution in [1.82, 2.24) is 5.01 Å². The van der Waals surface area contributed by atoms with Gasteiger partial charge in [0.25, 0.3) is 0 Å². The zero-order chi connectivity index (χ0) is 21.3. The van der Waals surface area contributed by atoms with Crippen molar-refractivity contribution < 1.29 is 14.3 Å². The SMILES string of the molecule is COc1ccc(C2=NN(CCCCCCCCBr)C(=O)[C@H]3CCCC[C@@H]23)cc1OC. The van der Waals surface area contributed by atoms with Crippen LogP contribution in [0.2, 0.25) is 0 Å². The lowest BCUT2D eigenvalue weighted by Crippen LogP contribution is -2.46. The molecule has 0 radical (unpaired) electrons. The third-order valence-electron chi connectivity index (χ3n) is 6.35. The highest BCUT2D eigenvalue weighted by Crippen LogP contribution is 2.39. The van der Waals surface area contributed by atoms with Crippen molar-refractivity contribution in [3.63, 3.8) is 0 Å². The van der Waals surface area contributed by atoms with Gasteiger partial charge in [0.05, 0.1) is 19.9 Å². The van der Waals surface area contributed by atoms with Gasteiger partial charge >= 0.3 is 0 Å². The van der Waals surface area contributed by atoms with Crippen molar-refractivity contribution >= 4 is 27.5 Å². The van der Waals surface area contributed by atoms with Crippen molar-refractivity contribution in [2.45, 2.75) is 64.2 Å². The first-order chi connectivity index (χ1) is 14.7. The molecule has 0 N–H and O–H groups in total. The van der Waals surface area contributed by atoms with Crippen LogP contribution in [0.4, 0.5) is 0 Å². The van der Waals surface area contributed by atoms with Gasteiger partial charge in [-0.25, -0.2) is 5.01 Å². The summed E-state index contributed by atoms with van der Waals surface area (Å²) in [7, 11) is 3.30. The third kappa shape index (κ3) is 5.57. The van der Waals surface area contributed by atoms with E-state index in [4.69, 9.17) is 14.6 Å². The number of benzene rings is 1. The normalized spacial score (nSPS) is 21.2. The van der Waals surface area contributed by atoms with Gasteiger partial charge in [0.15, 0.2) is 11.5 Å². The molecule has 0 aromatic heterocycles. The molecular formula is C24H35BrN2O3. The fourth-order valence-electron chi connectivity index (χ4n) is 4.69. The number of unbranched alkanes of at least 4 members (excludes halogenated alkanes) is 5. The molecule has 1 aliphatic carbocycles. The zero-order valence-corrected chi connectivity index (χ0v) is 20.0. The van der Waals surface area contributed by atoms with E-state index in [-0.39, 0.29) is 17.7 Å². The highest BCUT2D eigenvalue weighted by molar-refractivity contribution is 9.09. The van der Waals surface area contributed by atoms with Crippen molar-refractivity contribution in [2.24, 2.45) is 16.9 Å². The highest BCUT2D eigenvalue weighted by Gasteiger charge is 2.41. The average Bonchev–Trinajstić information content (AvgIpc) is 2.79. The summed E-state index contributed by atoms with van der Waals surface area (Å²) in [6, 6.07) is 5.98. The monoisotopic (exact) mass is 478 g/mol. The Kier molecular flexibility index (Phi) is 9.04. The summed E-state index contributed by atoms with van der Waals surface area (Å²) < 4.78 is 10.9. The van der Waals surface area contributed by atoms with Crippen molar-refractivity contribution in [3.8, 4) is 11.5 Å². The van der Waals surface area contributed by atoms with Crippen LogP contribution in [0.3, 0.4) is 0 Å². The van der Waals surface area contributed by atoms with E-state index < -0.39 is 0 Å². The van der Waals surface area contributed by atoms with Crippen LogP contribution in [0.5, 0.6) is 11.5 Å². The van der Waals surface area contributed by atoms with Gasteiger partial charge in [-0.1, -0.05) is 54.5 Å². The van der Waals surface area contributed by atoms with E-state index in [1.165, 1.54) is 25.7 Å². The Labute approximate surface area is 189 Å². The number of hydrazone groups is 1. The van der Waals surface area contributed by atoms with Crippen molar-refractivity contribution in [2.75, 3.05) is 26.1 Å². The maximum Gasteiger partial charge on any atom is 0.246 e. The maximum absolute atomic E-state index is 13.1. The van der Waals surface area contributed by atoms with Gasteiger partial charge in [-0.15, -0.1) is 0 Å². The molecule has 0 unspecified atom stereocenters. The molecule has 1 fully saturated rings. The molecule has 3 rings (SSSR count). The topological polar surface area (TPSA) is 51.1 Å². The summed E-state index contributed by atoms with van der Waals surface area (Å²) in [6.45, 7) is 0.720. The summed E-state index contributed by atoms with van der Waals surface area (Å²) in [6.07, 6.45) is 11.5. The van der Waals surface area contributed by atoms with Gasteiger partial charge in [-0.3, -0.25) is 4.79 Å². The number of carbonyl (C=O) groups is 1. The summed E-state index contributed by atoms with van der Waals surface area (Å²) in [5.41, 5.74) is 2.08. The fourth-order valence-corrected chi connectivity index (χ4v) is 5.09. The van der Waals surface area contributed by atoms with Crippen LogP contribution in [0.1, 0.15) is 69.8 Å². The number of fused-ring (bicyclic) bond motifs is 1. The molecule has 1 aromatic carbocycles. The standard InChI is InChI=1S/C24H35BrN2O3/c1-29-21-14-13-18(17-22(21)30-2)23-19-11-7-8-12-20(19)24(28)27(26-23)16-10-6-4-3-5-9-15-25/h13-14,17,19-20H,3-12,15-16H2,1-2H3/t19-,20+/m1/s1. The third-order valence-corrected chi connectivity index (χ3v) is 6.91. The van der Waals surface area contributed by atoms with Crippen LogP contribution in [-0.4, -0.2) is 42.7 Å². The van der Waals surface area contributed by atoms with Gasteiger partial charge < -0.3 is 9.47 Å². The number of methoxy groups -OCH3 is 2. The molecule has 0 spiro atoms. The average molecular weight is 479 g/mol. The van der Waals surface area contributed by atoms with Crippen LogP contribution in [0, 0.1) is 11.8 Å². The van der Waals surface area contributed by atoms with Crippen LogP contribution in [-0.2, 0) is 4.79 Å². The minimum atomic E-state index is 0.0678. The van der Waals surface area contributed by atoms with Gasteiger partial charge in [0, 0.05) is 29.3 Å². The van der Waals surface area contributed by atoms with E-state index in [1.54, 1.807) is 19.2 Å². The number of amides is 1. The number of nitrogens with zero attached hydrogens (tertiary/aromatic N) is 2. The van der Waals surface area contributed by atoms with Crippen molar-refractivity contribution in [1.29, 1.82) is 0 Å². The minimum Gasteiger partial charge on any atom is -0.493 e. The number of hydrogen-bond acceptors (Lipinski definition) is 4. The highest BCUT2D eigenvalue weighted by atomic mass is 79.9. The first kappa shape index (κ1) is 23.1. The van der Waals surface area contributed by atoms with Crippen LogP contribution in [0.25, 0.3) is 0 Å². The second kappa shape index (κ2) is 11.7. The lowest BCUT2D eigenvalue weighted by molar-refractivity contribution is -0.139. The number of carbonyl (C=O) groups excluding carboxylic acids is 1. The molecule has 30 heavy (non-hydrogen) atoms. The van der Waals surface area contributed by atoms with Gasteiger partial charge in [-0.05, 0) is 43.9 Å². The Morgan fingerprint density at radius 1 is 0.967 bits per heavy atom. The smallest absolute Gasteiger partial charge is 0.246 e. The van der Waals surface area contributed by atoms with Crippen LogP contribution >= 0.6 is 15.9 Å². The van der Waals surface area contributed by atoms with E-state index in [2.05, 4.69) is 15.9 Å². The Morgan fingerprint density at radius 2 is 1.63 bits per heavy atom. The lowest BCUT2D eigenvalue weighted by atomic mass is 9.73. The molecule has 6 heteroatoms. The van der Waals surface area contributed by atoms with E-state index >= 15 is 0 Å². The number of hydrogen-bond donors (Lipinski definition) is 0. The molecule has 0 bridgehead atoms. The Morgan fingerprint density at radius 3 is 2.33 bits per heavy atom. The fraction of sp³-hybridized carbons (Fsp3) is 0.667. The number of alkyl halides is 1. The summed E-state index contributed by atoms with van der Waals surface area (Å²) in [5.74, 6) is 1.93. The summed E-state index contributed by atoms with van der Waals surface area (Å²) in [5, 5.41) is 7.74. The molecule has 1 aromatic rings. The lowest BCUT2D eigenvalue weighted by Gasteiger charge is -2.38. The number of ether oxygens (including phenoxy) is 2. The Hall–Kier alpha value is -1.56. The molecular weight excluding hydrogens is 444 g/mol. The summed E-state index contributed by atoms with van der Waals surface area (Å²) >= 11 is 3.49. The second-order valence-corrected chi connectivity index (χ2v) is 9.12. The molecule has 0 saturated heterocycles. The molecule has 1 aliphatic heterocycles. The molecule has 1 saturated carbocycles. The first-order valence-corrected chi connectivity index (χ1v) is 12.5. The van der Waals surface area contributed by atoms with E-state index in [0.717, 1.165) is 61.7 Å². The van der Waals surface area contributed by atoms with E-state index in [9.17, 15) is 4.79 Å². The van der Waals surface area contributed by atoms with Gasteiger partial charge in [0.1, 0.15) is 0 Å². The Balaban J connectivity index is 1.74. The number of rotatable bonds is 11. The molecule has 2 atom stereocenters. The summed E-state index contributed by atoms with van der Waals surface area (Å²) in [4.78, 5) is 13.1. The molecule has 1 heterocycles. The molecule has 1 amide bonds. The number of halogens is 1. The van der Waals surface area contributed by atoms with Gasteiger partial charge in [0.2, 0.25) is 5.91 Å². The van der Waals surface area contributed by atoms with Crippen molar-refractivity contribution in [3.05, 3.63) is 23.8 Å². The quantitative estimate of drug-likeness (QED) is 0.298. The van der Waals surface area contributed by atoms with E-state index in [1.807, 2.05) is 18.2 Å². The first-order valence-electron chi connectivity index (χ1n) is 11.4. The predicted octanol–water partition coefficient (Wildman–Crippen LogP) is 5.79. The predicted molar refractivity (Wildman–Crippen MR) is 125 cm³/mol. The minimum absolute atomic E-state index is 0.0678.